The first-order chi connectivity index (χ1) is 11.9. The standard InChI is InChI=1S/C17H21F3N4O/c18-13-2-1-7-21-14(13)23-8-5-16(10-23)11-24(9-6-17(16,19)20)15(25)22-12-3-4-12/h1-2,7,12H,3-6,8-11H2,(H,22,25). The number of carbonyl (C=O) groups is 1. The minimum absolute atomic E-state index is 0.00113. The number of nitrogens with one attached hydrogen (secondary N) is 1. The zero-order valence-electron chi connectivity index (χ0n) is 13.9. The molecule has 1 aromatic rings. The van der Waals surface area contributed by atoms with Crippen LogP contribution in [0.3, 0.4) is 0 Å². The van der Waals surface area contributed by atoms with Gasteiger partial charge in [0.2, 0.25) is 0 Å². The van der Waals surface area contributed by atoms with E-state index in [9.17, 15) is 18.0 Å². The fraction of sp³-hybridized carbons (Fsp3) is 0.647. The van der Waals surface area contributed by atoms with Crippen LogP contribution in [-0.2, 0) is 0 Å². The molecule has 5 nitrogen and oxygen atoms in total. The first-order valence-corrected chi connectivity index (χ1v) is 8.69. The zero-order valence-corrected chi connectivity index (χ0v) is 13.9. The highest BCUT2D eigenvalue weighted by molar-refractivity contribution is 5.75. The maximum atomic E-state index is 14.8. The van der Waals surface area contributed by atoms with Gasteiger partial charge in [0.05, 0.1) is 5.41 Å². The minimum Gasteiger partial charge on any atom is -0.353 e. The molecule has 1 atom stereocenters. The number of piperidine rings is 1. The van der Waals surface area contributed by atoms with Gasteiger partial charge in [0, 0.05) is 44.8 Å². The van der Waals surface area contributed by atoms with Gasteiger partial charge in [-0.2, -0.15) is 0 Å². The molecule has 4 rings (SSSR count). The normalized spacial score (nSPS) is 28.4. The first kappa shape index (κ1) is 16.5. The molecule has 3 heterocycles. The van der Waals surface area contributed by atoms with Crippen molar-refractivity contribution < 1.29 is 18.0 Å². The van der Waals surface area contributed by atoms with E-state index in [0.717, 1.165) is 12.8 Å². The third-order valence-corrected chi connectivity index (χ3v) is 5.55. The highest BCUT2D eigenvalue weighted by atomic mass is 19.3. The molecule has 3 aliphatic rings. The van der Waals surface area contributed by atoms with E-state index in [1.54, 1.807) is 4.90 Å². The lowest BCUT2D eigenvalue weighted by Crippen LogP contribution is -2.59. The van der Waals surface area contributed by atoms with Crippen molar-refractivity contribution in [1.82, 2.24) is 15.2 Å². The fourth-order valence-corrected chi connectivity index (χ4v) is 3.86. The molecule has 2 saturated heterocycles. The van der Waals surface area contributed by atoms with Crippen LogP contribution >= 0.6 is 0 Å². The maximum Gasteiger partial charge on any atom is 0.317 e. The van der Waals surface area contributed by atoms with Gasteiger partial charge in [0.15, 0.2) is 11.6 Å². The van der Waals surface area contributed by atoms with Crippen LogP contribution in [-0.4, -0.2) is 54.1 Å². The number of urea groups is 1. The highest BCUT2D eigenvalue weighted by Gasteiger charge is 2.60. The summed E-state index contributed by atoms with van der Waals surface area (Å²) in [7, 11) is 0. The smallest absolute Gasteiger partial charge is 0.317 e. The molecular formula is C17H21F3N4O. The number of anilines is 1. The van der Waals surface area contributed by atoms with Gasteiger partial charge >= 0.3 is 6.03 Å². The Bertz CT molecular complexity index is 682. The molecule has 1 saturated carbocycles. The van der Waals surface area contributed by atoms with Crippen molar-refractivity contribution in [3.05, 3.63) is 24.1 Å². The van der Waals surface area contributed by atoms with Crippen LogP contribution in [0.25, 0.3) is 0 Å². The number of halogens is 3. The predicted molar refractivity (Wildman–Crippen MR) is 86.1 cm³/mol. The average molecular weight is 354 g/mol. The maximum absolute atomic E-state index is 14.8. The zero-order chi connectivity index (χ0) is 17.7. The van der Waals surface area contributed by atoms with E-state index in [1.165, 1.54) is 23.2 Å². The van der Waals surface area contributed by atoms with Gasteiger partial charge in [-0.15, -0.1) is 0 Å². The summed E-state index contributed by atoms with van der Waals surface area (Å²) >= 11 is 0. The molecule has 0 radical (unpaired) electrons. The van der Waals surface area contributed by atoms with Crippen LogP contribution in [0.5, 0.6) is 0 Å². The molecule has 1 aliphatic carbocycles. The summed E-state index contributed by atoms with van der Waals surface area (Å²) in [6.07, 6.45) is 3.21. The Morgan fingerprint density at radius 3 is 2.76 bits per heavy atom. The lowest BCUT2D eigenvalue weighted by Gasteiger charge is -2.45. The third kappa shape index (κ3) is 2.91. The number of hydrogen-bond donors (Lipinski definition) is 1. The van der Waals surface area contributed by atoms with Crippen molar-refractivity contribution in [3.63, 3.8) is 0 Å². The van der Waals surface area contributed by atoms with Crippen LogP contribution in [0.1, 0.15) is 25.7 Å². The lowest BCUT2D eigenvalue weighted by atomic mass is 9.75. The lowest BCUT2D eigenvalue weighted by molar-refractivity contribution is -0.149. The topological polar surface area (TPSA) is 48.5 Å². The largest absolute Gasteiger partial charge is 0.353 e. The van der Waals surface area contributed by atoms with E-state index in [0.29, 0.717) is 6.54 Å². The molecule has 2 amide bonds. The Hall–Kier alpha value is -1.99. The van der Waals surface area contributed by atoms with Crippen molar-refractivity contribution in [1.29, 1.82) is 0 Å². The number of pyridine rings is 1. The van der Waals surface area contributed by atoms with E-state index >= 15 is 0 Å². The second-order valence-corrected chi connectivity index (χ2v) is 7.36. The summed E-state index contributed by atoms with van der Waals surface area (Å²) in [6.45, 7) is 0.345. The average Bonchev–Trinajstić information content (AvgIpc) is 3.28. The third-order valence-electron chi connectivity index (χ3n) is 5.55. The van der Waals surface area contributed by atoms with Crippen molar-refractivity contribution in [2.75, 3.05) is 31.1 Å². The quantitative estimate of drug-likeness (QED) is 0.888. The number of rotatable bonds is 2. The summed E-state index contributed by atoms with van der Waals surface area (Å²) in [4.78, 5) is 19.4. The summed E-state index contributed by atoms with van der Waals surface area (Å²) in [5.74, 6) is -3.29. The van der Waals surface area contributed by atoms with Gasteiger partial charge < -0.3 is 15.1 Å². The monoisotopic (exact) mass is 354 g/mol. The second kappa shape index (κ2) is 5.78. The number of likely N-dealkylation sites (tertiary alicyclic amines) is 1. The van der Waals surface area contributed by atoms with E-state index in [1.807, 2.05) is 0 Å². The molecule has 136 valence electrons. The fourth-order valence-electron chi connectivity index (χ4n) is 3.86. The van der Waals surface area contributed by atoms with Crippen molar-refractivity contribution >= 4 is 11.8 Å². The van der Waals surface area contributed by atoms with Gasteiger partial charge in [0.1, 0.15) is 0 Å². The Morgan fingerprint density at radius 1 is 1.24 bits per heavy atom. The Labute approximate surface area is 144 Å². The second-order valence-electron chi connectivity index (χ2n) is 7.36. The van der Waals surface area contributed by atoms with E-state index in [4.69, 9.17) is 0 Å². The predicted octanol–water partition coefficient (Wildman–Crippen LogP) is 2.63. The molecule has 1 spiro atoms. The SMILES string of the molecule is O=C(NC1CC1)N1CCC(F)(F)C2(CCN(c3ncccc3F)C2)C1. The highest BCUT2D eigenvalue weighted by Crippen LogP contribution is 2.50. The molecule has 8 heteroatoms. The molecule has 0 bridgehead atoms. The molecule has 1 aromatic heterocycles. The van der Waals surface area contributed by atoms with Gasteiger partial charge in [0.25, 0.3) is 5.92 Å². The Morgan fingerprint density at radius 2 is 2.04 bits per heavy atom. The number of alkyl halides is 2. The number of carbonyl (C=O) groups excluding carboxylic acids is 1. The van der Waals surface area contributed by atoms with Gasteiger partial charge in [-0.05, 0) is 31.4 Å². The summed E-state index contributed by atoms with van der Waals surface area (Å²) < 4.78 is 43.5. The molecule has 1 N–H and O–H groups in total. The number of hydrogen-bond acceptors (Lipinski definition) is 3. The molecule has 25 heavy (non-hydrogen) atoms. The van der Waals surface area contributed by atoms with E-state index < -0.39 is 17.2 Å². The Kier molecular flexibility index (Phi) is 3.81. The van der Waals surface area contributed by atoms with E-state index in [-0.39, 0.29) is 50.4 Å². The molecular weight excluding hydrogens is 333 g/mol. The summed E-state index contributed by atoms with van der Waals surface area (Å²) in [5, 5.41) is 2.87. The van der Waals surface area contributed by atoms with Gasteiger partial charge in [-0.1, -0.05) is 0 Å². The van der Waals surface area contributed by atoms with Crippen LogP contribution in [0.15, 0.2) is 18.3 Å². The van der Waals surface area contributed by atoms with Crippen molar-refractivity contribution in [2.24, 2.45) is 5.41 Å². The van der Waals surface area contributed by atoms with E-state index in [2.05, 4.69) is 10.3 Å². The number of aromatic nitrogens is 1. The molecule has 1 unspecified atom stereocenters. The molecule has 2 aliphatic heterocycles. The first-order valence-electron chi connectivity index (χ1n) is 8.69. The Balaban J connectivity index is 1.53. The summed E-state index contributed by atoms with van der Waals surface area (Å²) in [6, 6.07) is 2.68. The van der Waals surface area contributed by atoms with Crippen LogP contribution in [0.2, 0.25) is 0 Å². The molecule has 0 aromatic carbocycles. The van der Waals surface area contributed by atoms with Crippen molar-refractivity contribution in [3.8, 4) is 0 Å². The van der Waals surface area contributed by atoms with Gasteiger partial charge in [-0.25, -0.2) is 22.9 Å². The van der Waals surface area contributed by atoms with Crippen LogP contribution in [0, 0.1) is 11.2 Å². The van der Waals surface area contributed by atoms with Gasteiger partial charge in [-0.3, -0.25) is 0 Å². The van der Waals surface area contributed by atoms with Crippen LogP contribution < -0.4 is 10.2 Å². The summed E-state index contributed by atoms with van der Waals surface area (Å²) in [5.41, 5.74) is -1.35. The van der Waals surface area contributed by atoms with Crippen LogP contribution in [0.4, 0.5) is 23.8 Å². The minimum atomic E-state index is -2.89. The van der Waals surface area contributed by atoms with Crippen molar-refractivity contribution in [2.45, 2.75) is 37.6 Å². The number of nitrogens with zero attached hydrogens (tertiary/aromatic N) is 3. The number of amides is 2. The molecule has 3 fully saturated rings.